The fraction of sp³-hybridized carbons (Fsp3) is 0.842. The summed E-state index contributed by atoms with van der Waals surface area (Å²) in [6.45, 7) is 10.5. The number of allylic oxidation sites excluding steroid dienone is 1. The Morgan fingerprint density at radius 3 is 2.23 bits per heavy atom. The van der Waals surface area contributed by atoms with Crippen LogP contribution in [0.5, 0.6) is 0 Å². The topological polar surface area (TPSA) is 225 Å². The molecule has 3 N–H and O–H groups in total. The highest BCUT2D eigenvalue weighted by Gasteiger charge is 2.97. The van der Waals surface area contributed by atoms with E-state index in [1.165, 1.54) is 6.92 Å². The number of hydrogen-bond donors (Lipinski definition) is 3. The minimum Gasteiger partial charge on any atom is -0.468 e. The molecule has 17 nitrogen and oxygen atoms in total. The number of aliphatic hydroxyl groups excluding tert-OH is 1. The first-order valence-corrected chi connectivity index (χ1v) is 20.0. The number of halogens is 1. The molecule has 0 aromatic rings. The number of carbonyl (C=O) groups excluding carboxylic acids is 4. The summed E-state index contributed by atoms with van der Waals surface area (Å²) in [5.41, 5.74) is -9.84. The molecule has 8 fully saturated rings. The Bertz CT molecular complexity index is 1760. The zero-order valence-electron chi connectivity index (χ0n) is 32.8. The van der Waals surface area contributed by atoms with Crippen molar-refractivity contribution in [3.8, 4) is 0 Å². The molecule has 8 rings (SSSR count). The lowest BCUT2D eigenvalue weighted by atomic mass is 9.37. The number of epoxide rings is 1. The third-order valence-corrected chi connectivity index (χ3v) is 16.1. The summed E-state index contributed by atoms with van der Waals surface area (Å²) < 4.78 is 61.1. The fourth-order valence-corrected chi connectivity index (χ4v) is 13.6. The van der Waals surface area contributed by atoms with Crippen LogP contribution in [0.3, 0.4) is 0 Å². The van der Waals surface area contributed by atoms with Crippen molar-refractivity contribution in [2.45, 2.75) is 138 Å². The predicted molar refractivity (Wildman–Crippen MR) is 188 cm³/mol. The number of carbonyl (C=O) groups is 4. The fourth-order valence-electron chi connectivity index (χ4n) is 12.9. The number of esters is 4. The van der Waals surface area contributed by atoms with Crippen LogP contribution < -0.4 is 0 Å². The lowest BCUT2D eigenvalue weighted by molar-refractivity contribution is -0.322. The van der Waals surface area contributed by atoms with Gasteiger partial charge in [0.1, 0.15) is 34.4 Å². The number of aliphatic hydroxyl groups is 3. The van der Waals surface area contributed by atoms with Crippen LogP contribution in [0, 0.1) is 34.0 Å². The molecule has 312 valence electrons. The van der Waals surface area contributed by atoms with E-state index < -0.39 is 142 Å². The van der Waals surface area contributed by atoms with E-state index >= 15 is 0 Å². The lowest BCUT2D eigenvalue weighted by Crippen LogP contribution is -2.79. The zero-order valence-corrected chi connectivity index (χ0v) is 34.4. The molecule has 0 amide bonds. The highest BCUT2D eigenvalue weighted by atomic mass is 79.9. The van der Waals surface area contributed by atoms with Crippen molar-refractivity contribution in [2.24, 2.45) is 34.0 Å². The van der Waals surface area contributed by atoms with Crippen molar-refractivity contribution in [1.82, 2.24) is 0 Å². The molecule has 0 unspecified atom stereocenters. The van der Waals surface area contributed by atoms with Crippen LogP contribution in [-0.4, -0.2) is 143 Å². The Morgan fingerprint density at radius 1 is 0.946 bits per heavy atom. The van der Waals surface area contributed by atoms with Gasteiger partial charge in [-0.3, -0.25) is 9.59 Å². The monoisotopic (exact) mass is 858 g/mol. The molecule has 5 heterocycles. The second kappa shape index (κ2) is 12.6. The molecule has 18 atom stereocenters. The Hall–Kier alpha value is -2.26. The van der Waals surface area contributed by atoms with Crippen LogP contribution in [0.4, 0.5) is 0 Å². The van der Waals surface area contributed by atoms with E-state index in [0.717, 1.165) is 14.2 Å². The van der Waals surface area contributed by atoms with Crippen LogP contribution in [0.2, 0.25) is 0 Å². The van der Waals surface area contributed by atoms with Gasteiger partial charge in [0.2, 0.25) is 0 Å². The molecule has 5 aliphatic heterocycles. The lowest BCUT2D eigenvalue weighted by Gasteiger charge is -2.65. The van der Waals surface area contributed by atoms with Crippen LogP contribution in [0.25, 0.3) is 0 Å². The van der Waals surface area contributed by atoms with Crippen molar-refractivity contribution < 1.29 is 81.9 Å². The van der Waals surface area contributed by atoms with Gasteiger partial charge in [-0.1, -0.05) is 28.9 Å². The van der Waals surface area contributed by atoms with Gasteiger partial charge >= 0.3 is 23.9 Å². The van der Waals surface area contributed by atoms with Crippen LogP contribution in [0.15, 0.2) is 11.6 Å². The first-order valence-electron chi connectivity index (χ1n) is 19.0. The Balaban J connectivity index is 1.35. The Morgan fingerprint density at radius 2 is 1.62 bits per heavy atom. The maximum Gasteiger partial charge on any atom is 0.366 e. The van der Waals surface area contributed by atoms with E-state index in [4.69, 9.17) is 47.4 Å². The SMILES string of the molecule is C/C=C(\C)C(=O)O[C@H]1C[C@@H](OC(C)=O)[C@@]2(C(=O)OC)CO[C@H]3[C@@H](O)[C@@](C)([C@]45O[C@@]4(C)[C@H]4C[C@@H]5O[C@@H]5O[C@H](OC(C)C)[C@@H](Br)[C@@]54O)[C@H]4[C@]1(CO[C@]4(O)C(=O)OC)[C@@H]32. The van der Waals surface area contributed by atoms with Gasteiger partial charge in [0.25, 0.3) is 5.79 Å². The van der Waals surface area contributed by atoms with E-state index in [9.17, 15) is 34.5 Å². The Kier molecular flexibility index (Phi) is 9.14. The van der Waals surface area contributed by atoms with Crippen molar-refractivity contribution in [2.75, 3.05) is 27.4 Å². The number of methoxy groups -OCH3 is 2. The maximum absolute atomic E-state index is 14.3. The molecule has 1 spiro atoms. The molecular formula is C38H51BrO17. The Labute approximate surface area is 332 Å². The molecule has 3 aliphatic carbocycles. The molecular weight excluding hydrogens is 808 g/mol. The van der Waals surface area contributed by atoms with Gasteiger partial charge in [-0.05, 0) is 41.0 Å². The van der Waals surface area contributed by atoms with Crippen LogP contribution >= 0.6 is 15.9 Å². The summed E-state index contributed by atoms with van der Waals surface area (Å²) in [5.74, 6) is -9.98. The minimum absolute atomic E-state index is 0.206. The van der Waals surface area contributed by atoms with Crippen molar-refractivity contribution in [3.05, 3.63) is 11.6 Å². The number of fused-ring (bicyclic) bond motifs is 7. The molecule has 5 saturated heterocycles. The van der Waals surface area contributed by atoms with E-state index in [2.05, 4.69) is 15.9 Å². The summed E-state index contributed by atoms with van der Waals surface area (Å²) in [5, 5.41) is 38.5. The third kappa shape index (κ3) is 4.46. The number of rotatable bonds is 8. The molecule has 3 saturated carbocycles. The largest absolute Gasteiger partial charge is 0.468 e. The summed E-state index contributed by atoms with van der Waals surface area (Å²) in [6.07, 6.45) is -7.45. The highest BCUT2D eigenvalue weighted by Crippen LogP contribution is 2.83. The average molecular weight is 860 g/mol. The number of hydrogen-bond acceptors (Lipinski definition) is 17. The smallest absolute Gasteiger partial charge is 0.366 e. The van der Waals surface area contributed by atoms with Gasteiger partial charge in [-0.25, -0.2) is 9.59 Å². The second-order valence-corrected chi connectivity index (χ2v) is 18.4. The first-order chi connectivity index (χ1) is 26.2. The van der Waals surface area contributed by atoms with E-state index in [1.807, 2.05) is 13.8 Å². The first kappa shape index (κ1) is 40.5. The van der Waals surface area contributed by atoms with E-state index in [0.29, 0.717) is 0 Å². The van der Waals surface area contributed by atoms with Gasteiger partial charge in [0.15, 0.2) is 12.6 Å². The minimum atomic E-state index is -2.86. The maximum atomic E-state index is 14.3. The molecule has 0 aromatic heterocycles. The molecule has 8 aliphatic rings. The van der Waals surface area contributed by atoms with Gasteiger partial charge < -0.3 is 62.7 Å². The van der Waals surface area contributed by atoms with E-state index in [-0.39, 0.29) is 24.5 Å². The predicted octanol–water partition coefficient (Wildman–Crippen LogP) is 0.798. The standard InChI is InChI=1S/C38H51BrO17/c1-10-16(4)26(42)53-19-12-20(52-17(5)40)35(29(43)47-8)13-49-22-23(35)34(19)14-50-37(46,30(44)48-9)28(34)32(6,25(22)41)38-21-11-18(33(38,7)56-38)36(45)24(39)27(51-15(2)3)55-31(36)54-21/h10,15,18-25,27-28,31,41,45-46H,11-14H2,1-9H3/b16-10+/t18-,19+,20-,21+,22-,23-,24-,25-,27+,28+,31-,32-,33+,34+,35+,36-,37+,38+/m1/s1. The van der Waals surface area contributed by atoms with Crippen molar-refractivity contribution >= 4 is 39.8 Å². The summed E-state index contributed by atoms with van der Waals surface area (Å²) in [6, 6.07) is 0. The number of alkyl halides is 1. The number of ether oxygens (including phenoxy) is 10. The molecule has 2 bridgehead atoms. The summed E-state index contributed by atoms with van der Waals surface area (Å²) in [7, 11) is 2.23. The van der Waals surface area contributed by atoms with Gasteiger partial charge in [-0.15, -0.1) is 0 Å². The summed E-state index contributed by atoms with van der Waals surface area (Å²) in [4.78, 5) is 54.1. The normalized spacial score (nSPS) is 53.4. The highest BCUT2D eigenvalue weighted by molar-refractivity contribution is 9.09. The van der Waals surface area contributed by atoms with Gasteiger partial charge in [-0.2, -0.15) is 0 Å². The third-order valence-electron chi connectivity index (χ3n) is 14.9. The quantitative estimate of drug-likeness (QED) is 0.101. The van der Waals surface area contributed by atoms with E-state index in [1.54, 1.807) is 33.8 Å². The van der Waals surface area contributed by atoms with Crippen LogP contribution in [0.1, 0.15) is 61.3 Å². The van der Waals surface area contributed by atoms with Gasteiger partial charge in [0, 0.05) is 47.5 Å². The summed E-state index contributed by atoms with van der Waals surface area (Å²) >= 11 is 3.64. The van der Waals surface area contributed by atoms with Gasteiger partial charge in [0.05, 0.1) is 56.7 Å². The second-order valence-electron chi connectivity index (χ2n) is 17.4. The van der Waals surface area contributed by atoms with Crippen molar-refractivity contribution in [1.29, 1.82) is 0 Å². The van der Waals surface area contributed by atoms with Crippen LogP contribution in [-0.2, 0) is 66.5 Å². The molecule has 18 heteroatoms. The average Bonchev–Trinajstić information content (AvgIpc) is 3.40. The van der Waals surface area contributed by atoms with Crippen molar-refractivity contribution in [3.63, 3.8) is 0 Å². The molecule has 0 radical (unpaired) electrons. The zero-order chi connectivity index (χ0) is 40.9. The molecule has 0 aromatic carbocycles. The molecule has 56 heavy (non-hydrogen) atoms.